The lowest BCUT2D eigenvalue weighted by Crippen LogP contribution is -2.31. The molecule has 0 fully saturated rings. The number of hydrogen-bond donors (Lipinski definition) is 0. The van der Waals surface area contributed by atoms with Crippen molar-refractivity contribution in [2.24, 2.45) is 0 Å². The Morgan fingerprint density at radius 1 is 1.04 bits per heavy atom. The van der Waals surface area contributed by atoms with Crippen LogP contribution in [0.15, 0.2) is 47.4 Å². The molecule has 28 heavy (non-hydrogen) atoms. The van der Waals surface area contributed by atoms with Gasteiger partial charge in [0, 0.05) is 32.2 Å². The molecule has 6 nitrogen and oxygen atoms in total. The number of carbonyl (C=O) groups is 1. The highest BCUT2D eigenvalue weighted by atomic mass is 32.2. The molecule has 0 saturated carbocycles. The minimum absolute atomic E-state index is 0.180. The van der Waals surface area contributed by atoms with E-state index in [0.29, 0.717) is 30.8 Å². The highest BCUT2D eigenvalue weighted by Gasteiger charge is 2.25. The Kier molecular flexibility index (Phi) is 7.21. The first kappa shape index (κ1) is 21.9. The molecule has 152 valence electrons. The summed E-state index contributed by atoms with van der Waals surface area (Å²) in [6, 6.07) is 12.3. The van der Waals surface area contributed by atoms with Crippen molar-refractivity contribution in [2.45, 2.75) is 32.2 Å². The minimum Gasteiger partial charge on any atom is -0.497 e. The zero-order chi connectivity index (χ0) is 20.9. The molecule has 1 amide bonds. The Bertz CT molecular complexity index is 920. The summed E-state index contributed by atoms with van der Waals surface area (Å²) in [5.74, 6) is 0.523. The Labute approximate surface area is 167 Å². The third kappa shape index (κ3) is 4.72. The standard InChI is InChI=1S/C21H28N2O4S/c1-6-23(7-2)28(25,26)20-14-18(11-8-16(20)3)21(24)22(4)15-17-9-12-19(27-5)13-10-17/h8-14H,6-7,15H2,1-5H3. The predicted octanol–water partition coefficient (Wildman–Crippen LogP) is 3.31. The summed E-state index contributed by atoms with van der Waals surface area (Å²) in [7, 11) is -0.329. The molecule has 2 aromatic rings. The van der Waals surface area contributed by atoms with Gasteiger partial charge >= 0.3 is 0 Å². The Morgan fingerprint density at radius 3 is 2.18 bits per heavy atom. The number of methoxy groups -OCH3 is 1. The van der Waals surface area contributed by atoms with Gasteiger partial charge in [-0.15, -0.1) is 0 Å². The summed E-state index contributed by atoms with van der Waals surface area (Å²) in [4.78, 5) is 14.6. The molecular weight excluding hydrogens is 376 g/mol. The fraction of sp³-hybridized carbons (Fsp3) is 0.381. The van der Waals surface area contributed by atoms with Crippen molar-refractivity contribution in [3.63, 3.8) is 0 Å². The molecule has 0 aliphatic heterocycles. The zero-order valence-electron chi connectivity index (χ0n) is 17.1. The summed E-state index contributed by atoms with van der Waals surface area (Å²) in [5.41, 5.74) is 1.94. The average Bonchev–Trinajstić information content (AvgIpc) is 2.69. The number of sulfonamides is 1. The largest absolute Gasteiger partial charge is 0.497 e. The highest BCUT2D eigenvalue weighted by Crippen LogP contribution is 2.22. The van der Waals surface area contributed by atoms with E-state index in [1.807, 2.05) is 24.3 Å². The number of benzene rings is 2. The first-order valence-corrected chi connectivity index (χ1v) is 10.7. The van der Waals surface area contributed by atoms with Crippen LogP contribution in [0.1, 0.15) is 35.3 Å². The Morgan fingerprint density at radius 2 is 1.64 bits per heavy atom. The van der Waals surface area contributed by atoms with Gasteiger partial charge in [0.05, 0.1) is 12.0 Å². The molecule has 0 N–H and O–H groups in total. The predicted molar refractivity (Wildman–Crippen MR) is 110 cm³/mol. The first-order valence-electron chi connectivity index (χ1n) is 9.23. The van der Waals surface area contributed by atoms with Gasteiger partial charge in [0.2, 0.25) is 10.0 Å². The van der Waals surface area contributed by atoms with E-state index < -0.39 is 10.0 Å². The molecule has 0 aliphatic carbocycles. The van der Waals surface area contributed by atoms with Crippen LogP contribution in [0.2, 0.25) is 0 Å². The van der Waals surface area contributed by atoms with Gasteiger partial charge in [-0.25, -0.2) is 8.42 Å². The lowest BCUT2D eigenvalue weighted by molar-refractivity contribution is 0.0785. The number of carbonyl (C=O) groups excluding carboxylic acids is 1. The number of hydrogen-bond acceptors (Lipinski definition) is 4. The molecule has 0 unspecified atom stereocenters. The van der Waals surface area contributed by atoms with Crippen LogP contribution in [-0.2, 0) is 16.6 Å². The van der Waals surface area contributed by atoms with Crippen LogP contribution in [-0.4, -0.2) is 50.8 Å². The Hall–Kier alpha value is -2.38. The fourth-order valence-electron chi connectivity index (χ4n) is 3.01. The summed E-state index contributed by atoms with van der Waals surface area (Å²) in [6.07, 6.45) is 0. The van der Waals surface area contributed by atoms with Gasteiger partial charge in [-0.1, -0.05) is 32.0 Å². The number of rotatable bonds is 8. The molecule has 0 radical (unpaired) electrons. The van der Waals surface area contributed by atoms with Crippen LogP contribution in [0.5, 0.6) is 5.75 Å². The molecular formula is C21H28N2O4S. The summed E-state index contributed by atoms with van der Waals surface area (Å²) in [6.45, 7) is 6.52. The van der Waals surface area contributed by atoms with Crippen LogP contribution in [0, 0.1) is 6.92 Å². The van der Waals surface area contributed by atoms with Gasteiger partial charge in [-0.2, -0.15) is 4.31 Å². The summed E-state index contributed by atoms with van der Waals surface area (Å²) < 4.78 is 32.3. The second kappa shape index (κ2) is 9.21. The number of aryl methyl sites for hydroxylation is 1. The van der Waals surface area contributed by atoms with E-state index in [0.717, 1.165) is 11.3 Å². The van der Waals surface area contributed by atoms with Crippen molar-refractivity contribution in [3.8, 4) is 5.75 Å². The van der Waals surface area contributed by atoms with Gasteiger partial charge < -0.3 is 9.64 Å². The first-order chi connectivity index (χ1) is 13.2. The SMILES string of the molecule is CCN(CC)S(=O)(=O)c1cc(C(=O)N(C)Cc2ccc(OC)cc2)ccc1C. The monoisotopic (exact) mass is 404 g/mol. The third-order valence-corrected chi connectivity index (χ3v) is 6.88. The van der Waals surface area contributed by atoms with E-state index in [2.05, 4.69) is 0 Å². The van der Waals surface area contributed by atoms with E-state index in [9.17, 15) is 13.2 Å². The maximum atomic E-state index is 12.9. The topological polar surface area (TPSA) is 66.9 Å². The second-order valence-electron chi connectivity index (χ2n) is 6.58. The summed E-state index contributed by atoms with van der Waals surface area (Å²) in [5, 5.41) is 0. The van der Waals surface area contributed by atoms with Crippen LogP contribution in [0.3, 0.4) is 0 Å². The minimum atomic E-state index is -3.63. The number of ether oxygens (including phenoxy) is 1. The van der Waals surface area contributed by atoms with Gasteiger partial charge in [0.15, 0.2) is 0 Å². The van der Waals surface area contributed by atoms with Crippen molar-refractivity contribution in [3.05, 3.63) is 59.2 Å². The van der Waals surface area contributed by atoms with E-state index in [1.54, 1.807) is 52.0 Å². The molecule has 0 saturated heterocycles. The normalized spacial score (nSPS) is 11.5. The maximum absolute atomic E-state index is 12.9. The molecule has 0 aromatic heterocycles. The van der Waals surface area contributed by atoms with Gasteiger partial charge in [-0.05, 0) is 42.3 Å². The molecule has 0 aliphatic rings. The van der Waals surface area contributed by atoms with Crippen molar-refractivity contribution in [1.82, 2.24) is 9.21 Å². The lowest BCUT2D eigenvalue weighted by Gasteiger charge is -2.21. The van der Waals surface area contributed by atoms with Crippen LogP contribution >= 0.6 is 0 Å². The van der Waals surface area contributed by atoms with E-state index in [4.69, 9.17) is 4.74 Å². The third-order valence-electron chi connectivity index (χ3n) is 4.68. The number of nitrogens with zero attached hydrogens (tertiary/aromatic N) is 2. The molecule has 7 heteroatoms. The fourth-order valence-corrected chi connectivity index (χ4v) is 4.72. The Balaban J connectivity index is 2.28. The van der Waals surface area contributed by atoms with Crippen molar-refractivity contribution < 1.29 is 17.9 Å². The van der Waals surface area contributed by atoms with Crippen LogP contribution in [0.4, 0.5) is 0 Å². The van der Waals surface area contributed by atoms with Crippen LogP contribution in [0.25, 0.3) is 0 Å². The molecule has 0 heterocycles. The van der Waals surface area contributed by atoms with Crippen molar-refractivity contribution >= 4 is 15.9 Å². The lowest BCUT2D eigenvalue weighted by atomic mass is 10.1. The number of amides is 1. The van der Waals surface area contributed by atoms with E-state index in [1.165, 1.54) is 10.4 Å². The van der Waals surface area contributed by atoms with E-state index >= 15 is 0 Å². The van der Waals surface area contributed by atoms with Gasteiger partial charge in [-0.3, -0.25) is 4.79 Å². The van der Waals surface area contributed by atoms with Crippen molar-refractivity contribution in [2.75, 3.05) is 27.2 Å². The average molecular weight is 405 g/mol. The smallest absolute Gasteiger partial charge is 0.253 e. The molecule has 0 spiro atoms. The second-order valence-corrected chi connectivity index (χ2v) is 8.49. The molecule has 2 rings (SSSR count). The molecule has 0 bridgehead atoms. The maximum Gasteiger partial charge on any atom is 0.253 e. The van der Waals surface area contributed by atoms with Crippen molar-refractivity contribution in [1.29, 1.82) is 0 Å². The van der Waals surface area contributed by atoms with E-state index in [-0.39, 0.29) is 10.8 Å². The zero-order valence-corrected chi connectivity index (χ0v) is 17.9. The highest BCUT2D eigenvalue weighted by molar-refractivity contribution is 7.89. The molecule has 0 atom stereocenters. The molecule has 2 aromatic carbocycles. The quantitative estimate of drug-likeness (QED) is 0.677. The van der Waals surface area contributed by atoms with Gasteiger partial charge in [0.1, 0.15) is 5.75 Å². The van der Waals surface area contributed by atoms with Gasteiger partial charge in [0.25, 0.3) is 5.91 Å². The summed E-state index contributed by atoms with van der Waals surface area (Å²) >= 11 is 0. The van der Waals surface area contributed by atoms with Crippen LogP contribution < -0.4 is 4.74 Å².